The zero-order chi connectivity index (χ0) is 39.5. The Hall–Kier alpha value is 1.06. The van der Waals surface area contributed by atoms with E-state index in [0.717, 1.165) is 15.5 Å². The number of benzene rings is 2. The van der Waals surface area contributed by atoms with Crippen molar-refractivity contribution in [1.29, 1.82) is 0 Å². The van der Waals surface area contributed by atoms with Gasteiger partial charge in [0.15, 0.2) is 0 Å². The van der Waals surface area contributed by atoms with Gasteiger partial charge in [0.25, 0.3) is 0 Å². The van der Waals surface area contributed by atoms with E-state index in [4.69, 9.17) is 0 Å². The first-order chi connectivity index (χ1) is 22.0. The molecule has 0 atom stereocenters. The molecule has 2 aromatic carbocycles. The number of hydrogen-bond acceptors (Lipinski definition) is 0. The van der Waals surface area contributed by atoms with Crippen molar-refractivity contribution in [2.75, 3.05) is 0 Å². The van der Waals surface area contributed by atoms with Crippen molar-refractivity contribution in [1.82, 2.24) is 0 Å². The van der Waals surface area contributed by atoms with E-state index < -0.39 is 65.4 Å². The molecule has 0 saturated heterocycles. The SMILES string of the molecule is CC(C)c1cc(C(C)C)[c]([Sn](=[Se])[c]2c(C([Si](C)(C)C)[Si](C)(C)C)cc(C([Si](C)(C)C)[Si](C)(C)C)cc2C([Si](C)(C)C)[Si](C)(C)C)c(C(C)C)c1. The summed E-state index contributed by atoms with van der Waals surface area (Å²) < 4.78 is 3.73. The van der Waals surface area contributed by atoms with Gasteiger partial charge in [0.2, 0.25) is 0 Å². The van der Waals surface area contributed by atoms with Crippen LogP contribution in [0.15, 0.2) is 24.3 Å². The maximum absolute atomic E-state index is 4.23. The van der Waals surface area contributed by atoms with Gasteiger partial charge in [-0.05, 0) is 0 Å². The van der Waals surface area contributed by atoms with Gasteiger partial charge in [-0.15, -0.1) is 0 Å². The molecule has 0 aliphatic heterocycles. The average molecular weight is 953 g/mol. The second-order valence-corrected chi connectivity index (χ2v) is 67.5. The van der Waals surface area contributed by atoms with Crippen LogP contribution < -0.4 is 7.16 Å². The fraction of sp³-hybridized carbons (Fsp3) is 0.714. The van der Waals surface area contributed by atoms with E-state index in [1.165, 1.54) is 5.56 Å². The van der Waals surface area contributed by atoms with Crippen LogP contribution in [-0.2, 0) is 0 Å². The van der Waals surface area contributed by atoms with Gasteiger partial charge in [0.05, 0.1) is 0 Å². The summed E-state index contributed by atoms with van der Waals surface area (Å²) in [6.07, 6.45) is 0. The fourth-order valence-electron chi connectivity index (χ4n) is 10.7. The predicted molar refractivity (Wildman–Crippen MR) is 254 cm³/mol. The van der Waals surface area contributed by atoms with Crippen LogP contribution in [0.1, 0.15) is 108 Å². The van der Waals surface area contributed by atoms with Crippen LogP contribution in [-0.4, -0.2) is 77.6 Å². The van der Waals surface area contributed by atoms with Crippen LogP contribution in [0, 0.1) is 0 Å². The summed E-state index contributed by atoms with van der Waals surface area (Å²) in [5.41, 5.74) is 10.3. The molecule has 50 heavy (non-hydrogen) atoms. The summed E-state index contributed by atoms with van der Waals surface area (Å²) >= 11 is 1.60. The third kappa shape index (κ3) is 11.1. The monoisotopic (exact) mass is 954 g/mol. The van der Waals surface area contributed by atoms with Crippen LogP contribution in [0.5, 0.6) is 0 Å². The molecule has 2 rings (SSSR count). The molecule has 0 saturated carbocycles. The molecule has 0 heterocycles. The Labute approximate surface area is 332 Å². The second-order valence-electron chi connectivity index (χ2n) is 23.4. The van der Waals surface area contributed by atoms with Gasteiger partial charge >= 0.3 is 335 Å². The van der Waals surface area contributed by atoms with Crippen molar-refractivity contribution in [3.63, 3.8) is 0 Å². The van der Waals surface area contributed by atoms with E-state index in [2.05, 4.69) is 196 Å². The molecule has 0 amide bonds. The standard InChI is InChI=1S/C27H59Si6.C15H23.Se.Sn/c1-28(2,3)25(29(4,5)6)22-19-23(26(30(7,8)9)31(10,11)12)21-24(20-22)27(32(13,14)15)33(16,17)18;1-10(2)13-7-14(11(3)4)9-15(8-13)12(5)6;;/h19-20,25-27H,1-18H3;7-8,10-12H,1-6H3;;. The zero-order valence-corrected chi connectivity index (χ0v) is 48.2. The molecular formula is C42H82SeSi6Sn. The van der Waals surface area contributed by atoms with E-state index in [1.54, 1.807) is 20.3 Å². The van der Waals surface area contributed by atoms with Crippen molar-refractivity contribution in [2.45, 2.75) is 193 Å². The molecule has 0 aliphatic carbocycles. The third-order valence-corrected chi connectivity index (χ3v) is 50.5. The molecule has 0 aromatic heterocycles. The first-order valence-corrected chi connectivity index (χ1v) is 51.2. The van der Waals surface area contributed by atoms with Gasteiger partial charge in [-0.1, -0.05) is 0 Å². The number of rotatable bonds is 14. The topological polar surface area (TPSA) is 0 Å². The molecule has 8 heteroatoms. The molecular weight excluding hydrogens is 871 g/mol. The molecule has 0 unspecified atom stereocenters. The van der Waals surface area contributed by atoms with Crippen molar-refractivity contribution in [3.8, 4) is 0 Å². The Morgan fingerprint density at radius 2 is 0.600 bits per heavy atom. The Morgan fingerprint density at radius 3 is 0.820 bits per heavy atom. The van der Waals surface area contributed by atoms with Gasteiger partial charge in [-0.3, -0.25) is 0 Å². The minimum absolute atomic E-state index is 0.522. The summed E-state index contributed by atoms with van der Waals surface area (Å²) in [6, 6.07) is 11.2. The second kappa shape index (κ2) is 16.3. The Morgan fingerprint density at radius 1 is 0.360 bits per heavy atom. The average Bonchev–Trinajstić information content (AvgIpc) is 2.82. The fourth-order valence-corrected chi connectivity index (χ4v) is 64.1. The van der Waals surface area contributed by atoms with Crippen molar-refractivity contribution >= 4 is 84.7 Å². The summed E-state index contributed by atoms with van der Waals surface area (Å²) in [6.45, 7) is 63.4. The summed E-state index contributed by atoms with van der Waals surface area (Å²) in [4.78, 5) is 0. The van der Waals surface area contributed by atoms with Gasteiger partial charge in [0, 0.05) is 0 Å². The predicted octanol–water partition coefficient (Wildman–Crippen LogP) is 12.8. The summed E-state index contributed by atoms with van der Waals surface area (Å²) in [7, 11) is -9.48. The molecule has 0 N–H and O–H groups in total. The maximum atomic E-state index is 4.23. The van der Waals surface area contributed by atoms with E-state index in [1.807, 2.05) is 14.7 Å². The molecule has 0 nitrogen and oxygen atoms in total. The Balaban J connectivity index is 3.59. The van der Waals surface area contributed by atoms with Crippen molar-refractivity contribution in [2.24, 2.45) is 0 Å². The quantitative estimate of drug-likeness (QED) is 0.166. The minimum atomic E-state index is -2.63. The van der Waals surface area contributed by atoms with Crippen molar-refractivity contribution in [3.05, 3.63) is 57.6 Å². The molecule has 0 spiro atoms. The summed E-state index contributed by atoms with van der Waals surface area (Å²) in [5.74, 6) is 1.59. The zero-order valence-electron chi connectivity index (χ0n) is 37.7. The molecule has 0 fully saturated rings. The van der Waals surface area contributed by atoms with Crippen LogP contribution in [0.2, 0.25) is 118 Å². The molecule has 0 bridgehead atoms. The van der Waals surface area contributed by atoms with Crippen LogP contribution >= 0.6 is 0 Å². The summed E-state index contributed by atoms with van der Waals surface area (Å²) in [5, 5.41) is 2.23. The Kier molecular flexibility index (Phi) is 15.4. The van der Waals surface area contributed by atoms with Crippen molar-refractivity contribution < 1.29 is 0 Å². The van der Waals surface area contributed by atoms with Crippen LogP contribution in [0.4, 0.5) is 0 Å². The third-order valence-electron chi connectivity index (χ3n) is 11.0. The normalized spacial score (nSPS) is 14.4. The molecule has 284 valence electrons. The first kappa shape index (κ1) is 47.2. The van der Waals surface area contributed by atoms with E-state index in [-0.39, 0.29) is 0 Å². The van der Waals surface area contributed by atoms with Gasteiger partial charge < -0.3 is 0 Å². The molecule has 2 aromatic rings. The van der Waals surface area contributed by atoms with Crippen LogP contribution in [0.25, 0.3) is 0 Å². The first-order valence-electron chi connectivity index (χ1n) is 19.9. The van der Waals surface area contributed by atoms with E-state index in [0.29, 0.717) is 17.8 Å². The van der Waals surface area contributed by atoms with E-state index in [9.17, 15) is 0 Å². The van der Waals surface area contributed by atoms with Gasteiger partial charge in [0.1, 0.15) is 0 Å². The van der Waals surface area contributed by atoms with Gasteiger partial charge in [-0.2, -0.15) is 0 Å². The molecule has 0 aliphatic rings. The number of hydrogen-bond donors (Lipinski definition) is 0. The van der Waals surface area contributed by atoms with Gasteiger partial charge in [-0.25, -0.2) is 0 Å². The van der Waals surface area contributed by atoms with Crippen LogP contribution in [0.3, 0.4) is 0 Å². The van der Waals surface area contributed by atoms with E-state index >= 15 is 0 Å². The Bertz CT molecular complexity index is 1390. The molecule has 0 radical (unpaired) electrons.